The summed E-state index contributed by atoms with van der Waals surface area (Å²) in [4.78, 5) is 12.5. The molecule has 4 rings (SSSR count). The Hall–Kier alpha value is -3.09. The molecule has 7 nitrogen and oxygen atoms in total. The van der Waals surface area contributed by atoms with Gasteiger partial charge in [-0.05, 0) is 49.2 Å². The molecule has 2 aromatic heterocycles. The third kappa shape index (κ3) is 3.33. The van der Waals surface area contributed by atoms with Crippen LogP contribution in [0.5, 0.6) is 5.75 Å². The van der Waals surface area contributed by atoms with Gasteiger partial charge in [0, 0.05) is 24.6 Å². The SMILES string of the molecule is COc1ccc(-c2ccc(C(=O)NC3CCc4nncn4CC3)o2)cc1. The Kier molecular flexibility index (Phi) is 4.43. The van der Waals surface area contributed by atoms with E-state index in [2.05, 4.69) is 15.5 Å². The third-order valence-corrected chi connectivity index (χ3v) is 4.67. The first-order valence-electron chi connectivity index (χ1n) is 8.65. The predicted octanol–water partition coefficient (Wildman–Crippen LogP) is 2.68. The number of nitrogens with one attached hydrogen (secondary N) is 1. The van der Waals surface area contributed by atoms with Gasteiger partial charge >= 0.3 is 0 Å². The van der Waals surface area contributed by atoms with Crippen molar-refractivity contribution in [2.24, 2.45) is 0 Å². The fourth-order valence-electron chi connectivity index (χ4n) is 3.17. The van der Waals surface area contributed by atoms with E-state index in [-0.39, 0.29) is 11.9 Å². The zero-order valence-corrected chi connectivity index (χ0v) is 14.5. The first-order valence-corrected chi connectivity index (χ1v) is 8.65. The van der Waals surface area contributed by atoms with Crippen LogP contribution in [0, 0.1) is 0 Å². The number of ether oxygens (including phenoxy) is 1. The first-order chi connectivity index (χ1) is 12.7. The number of benzene rings is 1. The summed E-state index contributed by atoms with van der Waals surface area (Å²) < 4.78 is 12.9. The van der Waals surface area contributed by atoms with E-state index < -0.39 is 0 Å². The van der Waals surface area contributed by atoms with Gasteiger partial charge in [-0.1, -0.05) is 0 Å². The average Bonchev–Trinajstić information content (AvgIpc) is 3.30. The highest BCUT2D eigenvalue weighted by molar-refractivity contribution is 5.92. The second-order valence-corrected chi connectivity index (χ2v) is 6.33. The summed E-state index contributed by atoms with van der Waals surface area (Å²) in [5.41, 5.74) is 0.900. The molecular formula is C19H20N4O3. The van der Waals surface area contributed by atoms with Crippen molar-refractivity contribution in [1.29, 1.82) is 0 Å². The fourth-order valence-corrected chi connectivity index (χ4v) is 3.17. The van der Waals surface area contributed by atoms with E-state index >= 15 is 0 Å². The summed E-state index contributed by atoms with van der Waals surface area (Å²) in [7, 11) is 1.63. The molecule has 7 heteroatoms. The van der Waals surface area contributed by atoms with Gasteiger partial charge in [0.15, 0.2) is 5.76 Å². The van der Waals surface area contributed by atoms with Crippen molar-refractivity contribution in [3.63, 3.8) is 0 Å². The molecule has 0 fully saturated rings. The number of hydrogen-bond donors (Lipinski definition) is 1. The molecule has 134 valence electrons. The lowest BCUT2D eigenvalue weighted by Gasteiger charge is -2.14. The van der Waals surface area contributed by atoms with Crippen molar-refractivity contribution < 1.29 is 13.9 Å². The van der Waals surface area contributed by atoms with Crippen LogP contribution in [0.15, 0.2) is 47.1 Å². The van der Waals surface area contributed by atoms with E-state index in [1.165, 1.54) is 0 Å². The Morgan fingerprint density at radius 2 is 2.08 bits per heavy atom. The van der Waals surface area contributed by atoms with Gasteiger partial charge in [0.25, 0.3) is 5.91 Å². The second kappa shape index (κ2) is 7.03. The van der Waals surface area contributed by atoms with E-state index in [0.29, 0.717) is 11.5 Å². The normalized spacial score (nSPS) is 16.6. The van der Waals surface area contributed by atoms with Gasteiger partial charge in [0.05, 0.1) is 7.11 Å². The van der Waals surface area contributed by atoms with Crippen LogP contribution >= 0.6 is 0 Å². The molecule has 0 saturated carbocycles. The highest BCUT2D eigenvalue weighted by Gasteiger charge is 2.21. The monoisotopic (exact) mass is 352 g/mol. The van der Waals surface area contributed by atoms with Crippen molar-refractivity contribution >= 4 is 5.91 Å². The minimum absolute atomic E-state index is 0.0961. The summed E-state index contributed by atoms with van der Waals surface area (Å²) in [5, 5.41) is 11.1. The van der Waals surface area contributed by atoms with Gasteiger partial charge < -0.3 is 19.0 Å². The largest absolute Gasteiger partial charge is 0.497 e. The van der Waals surface area contributed by atoms with E-state index in [0.717, 1.165) is 42.9 Å². The Balaban J connectivity index is 1.41. The minimum atomic E-state index is -0.188. The highest BCUT2D eigenvalue weighted by atomic mass is 16.5. The van der Waals surface area contributed by atoms with Crippen molar-refractivity contribution in [2.75, 3.05) is 7.11 Å². The summed E-state index contributed by atoms with van der Waals surface area (Å²) in [6.07, 6.45) is 4.24. The van der Waals surface area contributed by atoms with Crippen LogP contribution in [0.25, 0.3) is 11.3 Å². The smallest absolute Gasteiger partial charge is 0.287 e. The number of amides is 1. The zero-order chi connectivity index (χ0) is 17.9. The fraction of sp³-hybridized carbons (Fsp3) is 0.316. The molecule has 0 bridgehead atoms. The summed E-state index contributed by atoms with van der Waals surface area (Å²) in [6.45, 7) is 0.808. The molecule has 1 unspecified atom stereocenters. The van der Waals surface area contributed by atoms with Gasteiger partial charge in [-0.15, -0.1) is 10.2 Å². The number of hydrogen-bond acceptors (Lipinski definition) is 5. The van der Waals surface area contributed by atoms with E-state index in [1.807, 2.05) is 34.9 Å². The molecule has 1 aromatic carbocycles. The molecule has 1 atom stereocenters. The van der Waals surface area contributed by atoms with Crippen LogP contribution in [-0.2, 0) is 13.0 Å². The molecule has 1 aliphatic rings. The Morgan fingerprint density at radius 1 is 1.23 bits per heavy atom. The van der Waals surface area contributed by atoms with Gasteiger partial charge in [-0.3, -0.25) is 4.79 Å². The Bertz CT molecular complexity index is 875. The molecule has 0 saturated heterocycles. The number of carbonyl (C=O) groups is 1. The number of methoxy groups -OCH3 is 1. The van der Waals surface area contributed by atoms with Crippen molar-refractivity contribution in [1.82, 2.24) is 20.1 Å². The summed E-state index contributed by atoms with van der Waals surface area (Å²) >= 11 is 0. The molecule has 3 heterocycles. The van der Waals surface area contributed by atoms with Crippen LogP contribution in [0.3, 0.4) is 0 Å². The van der Waals surface area contributed by atoms with Gasteiger partial charge in [-0.25, -0.2) is 0 Å². The second-order valence-electron chi connectivity index (χ2n) is 6.33. The lowest BCUT2D eigenvalue weighted by molar-refractivity contribution is 0.0905. The molecule has 1 amide bonds. The van der Waals surface area contributed by atoms with Crippen LogP contribution in [0.4, 0.5) is 0 Å². The predicted molar refractivity (Wildman–Crippen MR) is 94.9 cm³/mol. The van der Waals surface area contributed by atoms with Gasteiger partial charge in [0.2, 0.25) is 0 Å². The molecule has 3 aromatic rings. The van der Waals surface area contributed by atoms with E-state index in [4.69, 9.17) is 9.15 Å². The number of furan rings is 1. The molecule has 0 spiro atoms. The van der Waals surface area contributed by atoms with Crippen LogP contribution in [-0.4, -0.2) is 33.8 Å². The number of rotatable bonds is 4. The molecular weight excluding hydrogens is 332 g/mol. The average molecular weight is 352 g/mol. The van der Waals surface area contributed by atoms with Crippen LogP contribution in [0.2, 0.25) is 0 Å². The molecule has 1 aliphatic heterocycles. The third-order valence-electron chi connectivity index (χ3n) is 4.67. The summed E-state index contributed by atoms with van der Waals surface area (Å²) in [5.74, 6) is 2.54. The Labute approximate surface area is 151 Å². The molecule has 1 N–H and O–H groups in total. The maximum Gasteiger partial charge on any atom is 0.287 e. The highest BCUT2D eigenvalue weighted by Crippen LogP contribution is 2.24. The van der Waals surface area contributed by atoms with Crippen LogP contribution in [0.1, 0.15) is 29.2 Å². The first kappa shape index (κ1) is 16.4. The van der Waals surface area contributed by atoms with Gasteiger partial charge in [0.1, 0.15) is 23.7 Å². The standard InChI is InChI=1S/C19H20N4O3/c1-25-15-5-2-13(3-6-15)16-7-8-17(26-16)19(24)21-14-4-9-18-22-20-12-23(18)11-10-14/h2-3,5-8,12,14H,4,9-11H2,1H3,(H,21,24). The number of nitrogens with zero attached hydrogens (tertiary/aromatic N) is 3. The lowest BCUT2D eigenvalue weighted by Crippen LogP contribution is -2.35. The summed E-state index contributed by atoms with van der Waals surface area (Å²) in [6, 6.07) is 11.1. The lowest BCUT2D eigenvalue weighted by atomic mass is 10.1. The number of aromatic nitrogens is 3. The van der Waals surface area contributed by atoms with Crippen molar-refractivity contribution in [2.45, 2.75) is 31.8 Å². The number of aryl methyl sites for hydroxylation is 2. The molecule has 26 heavy (non-hydrogen) atoms. The quantitative estimate of drug-likeness (QED) is 0.781. The van der Waals surface area contributed by atoms with Crippen molar-refractivity contribution in [3.8, 4) is 17.1 Å². The Morgan fingerprint density at radius 3 is 2.88 bits per heavy atom. The number of fused-ring (bicyclic) bond motifs is 1. The maximum atomic E-state index is 12.5. The maximum absolute atomic E-state index is 12.5. The topological polar surface area (TPSA) is 82.2 Å². The molecule has 0 aliphatic carbocycles. The minimum Gasteiger partial charge on any atom is -0.497 e. The van der Waals surface area contributed by atoms with E-state index in [1.54, 1.807) is 19.5 Å². The number of carbonyl (C=O) groups excluding carboxylic acids is 1. The van der Waals surface area contributed by atoms with Crippen molar-refractivity contribution in [3.05, 3.63) is 54.3 Å². The molecule has 0 radical (unpaired) electrons. The zero-order valence-electron chi connectivity index (χ0n) is 14.5. The van der Waals surface area contributed by atoms with Crippen LogP contribution < -0.4 is 10.1 Å². The van der Waals surface area contributed by atoms with Gasteiger partial charge in [-0.2, -0.15) is 0 Å². The van der Waals surface area contributed by atoms with E-state index in [9.17, 15) is 4.79 Å².